The van der Waals surface area contributed by atoms with Crippen LogP contribution < -0.4 is 0 Å². The Hall–Kier alpha value is -1.16. The molecule has 0 bridgehead atoms. The van der Waals surface area contributed by atoms with E-state index in [1.807, 2.05) is 19.3 Å². The average molecular weight is 238 g/mol. The van der Waals surface area contributed by atoms with Crippen LogP contribution in [-0.2, 0) is 0 Å². The van der Waals surface area contributed by atoms with E-state index in [0.717, 1.165) is 21.3 Å². The van der Waals surface area contributed by atoms with E-state index in [4.69, 9.17) is 0 Å². The van der Waals surface area contributed by atoms with Crippen LogP contribution in [0.5, 0.6) is 0 Å². The number of imidazole rings is 1. The fraction of sp³-hybridized carbons (Fsp3) is 0.111. The topological polar surface area (TPSA) is 41.6 Å². The van der Waals surface area contributed by atoms with Gasteiger partial charge in [-0.2, -0.15) is 0 Å². The van der Waals surface area contributed by atoms with Crippen molar-refractivity contribution in [1.82, 2.24) is 15.0 Å². The van der Waals surface area contributed by atoms with Crippen LogP contribution in [0.1, 0.15) is 5.56 Å². The van der Waals surface area contributed by atoms with E-state index >= 15 is 0 Å². The highest BCUT2D eigenvalue weighted by atomic mass is 79.9. The van der Waals surface area contributed by atoms with Gasteiger partial charge in [-0.1, -0.05) is 0 Å². The van der Waals surface area contributed by atoms with E-state index in [0.29, 0.717) is 0 Å². The first-order chi connectivity index (χ1) is 6.29. The lowest BCUT2D eigenvalue weighted by atomic mass is 10.1. The second-order valence-electron chi connectivity index (χ2n) is 2.75. The van der Waals surface area contributed by atoms with Crippen LogP contribution in [0.4, 0.5) is 0 Å². The summed E-state index contributed by atoms with van der Waals surface area (Å²) in [5.74, 6) is 0. The van der Waals surface area contributed by atoms with Gasteiger partial charge in [0.2, 0.25) is 0 Å². The molecule has 2 rings (SSSR count). The van der Waals surface area contributed by atoms with Crippen LogP contribution in [-0.4, -0.2) is 15.0 Å². The van der Waals surface area contributed by atoms with Gasteiger partial charge in [-0.05, 0) is 28.4 Å². The number of pyridine rings is 1. The quantitative estimate of drug-likeness (QED) is 0.829. The molecule has 3 nitrogen and oxygen atoms in total. The molecule has 0 fully saturated rings. The van der Waals surface area contributed by atoms with Gasteiger partial charge in [-0.25, -0.2) is 4.98 Å². The van der Waals surface area contributed by atoms with E-state index in [1.165, 1.54) is 0 Å². The van der Waals surface area contributed by atoms with Gasteiger partial charge in [0, 0.05) is 28.6 Å². The maximum absolute atomic E-state index is 4.17. The highest BCUT2D eigenvalue weighted by molar-refractivity contribution is 9.10. The molecule has 66 valence electrons. The summed E-state index contributed by atoms with van der Waals surface area (Å²) in [6, 6.07) is 0. The summed E-state index contributed by atoms with van der Waals surface area (Å²) in [4.78, 5) is 11.2. The number of H-pyrrole nitrogens is 1. The van der Waals surface area contributed by atoms with Gasteiger partial charge in [0.05, 0.1) is 12.0 Å². The molecule has 0 saturated heterocycles. The molecular weight excluding hydrogens is 230 g/mol. The Kier molecular flexibility index (Phi) is 2.14. The summed E-state index contributed by atoms with van der Waals surface area (Å²) in [7, 11) is 0. The molecule has 2 aromatic rings. The first-order valence-corrected chi connectivity index (χ1v) is 4.67. The van der Waals surface area contributed by atoms with Crippen molar-refractivity contribution in [2.75, 3.05) is 0 Å². The summed E-state index contributed by atoms with van der Waals surface area (Å²) in [5, 5.41) is 0. The third-order valence-electron chi connectivity index (χ3n) is 1.93. The maximum atomic E-state index is 4.17. The van der Waals surface area contributed by atoms with Crippen LogP contribution >= 0.6 is 15.9 Å². The number of nitrogens with one attached hydrogen (secondary N) is 1. The van der Waals surface area contributed by atoms with E-state index in [2.05, 4.69) is 30.9 Å². The number of hydrogen-bond acceptors (Lipinski definition) is 2. The summed E-state index contributed by atoms with van der Waals surface area (Å²) < 4.78 is 1.01. The van der Waals surface area contributed by atoms with Gasteiger partial charge in [0.15, 0.2) is 0 Å². The van der Waals surface area contributed by atoms with E-state index in [-0.39, 0.29) is 0 Å². The lowest BCUT2D eigenvalue weighted by molar-refractivity contribution is 1.24. The van der Waals surface area contributed by atoms with Gasteiger partial charge >= 0.3 is 0 Å². The Morgan fingerprint density at radius 1 is 1.38 bits per heavy atom. The molecule has 4 heteroatoms. The van der Waals surface area contributed by atoms with Crippen molar-refractivity contribution in [2.24, 2.45) is 0 Å². The molecule has 0 atom stereocenters. The van der Waals surface area contributed by atoms with Crippen LogP contribution in [0.15, 0.2) is 29.4 Å². The van der Waals surface area contributed by atoms with Crippen molar-refractivity contribution < 1.29 is 0 Å². The molecule has 0 aliphatic carbocycles. The van der Waals surface area contributed by atoms with Crippen molar-refractivity contribution >= 4 is 15.9 Å². The van der Waals surface area contributed by atoms with E-state index < -0.39 is 0 Å². The fourth-order valence-corrected chi connectivity index (χ4v) is 1.50. The summed E-state index contributed by atoms with van der Waals surface area (Å²) in [6.45, 7) is 2.04. The zero-order valence-corrected chi connectivity index (χ0v) is 8.67. The molecule has 1 N–H and O–H groups in total. The second kappa shape index (κ2) is 3.30. The molecule has 0 aromatic carbocycles. The number of halogens is 1. The van der Waals surface area contributed by atoms with Crippen molar-refractivity contribution in [3.63, 3.8) is 0 Å². The van der Waals surface area contributed by atoms with Crippen LogP contribution in [0.3, 0.4) is 0 Å². The zero-order valence-electron chi connectivity index (χ0n) is 7.08. The van der Waals surface area contributed by atoms with Gasteiger partial charge < -0.3 is 4.98 Å². The lowest BCUT2D eigenvalue weighted by Crippen LogP contribution is -1.86. The minimum Gasteiger partial charge on any atom is -0.351 e. The van der Waals surface area contributed by atoms with Gasteiger partial charge in [-0.15, -0.1) is 0 Å². The molecule has 2 aromatic heterocycles. The van der Waals surface area contributed by atoms with E-state index in [9.17, 15) is 0 Å². The SMILES string of the molecule is Cc1c(Br)cncc1-c1c[nH]cn1. The summed E-state index contributed by atoms with van der Waals surface area (Å²) in [6.07, 6.45) is 7.12. The fourth-order valence-electron chi connectivity index (χ4n) is 1.17. The molecule has 0 aliphatic rings. The number of aromatic amines is 1. The Morgan fingerprint density at radius 3 is 2.92 bits per heavy atom. The third kappa shape index (κ3) is 1.49. The first-order valence-electron chi connectivity index (χ1n) is 3.88. The summed E-state index contributed by atoms with van der Waals surface area (Å²) in [5.41, 5.74) is 3.13. The van der Waals surface area contributed by atoms with Crippen LogP contribution in [0.2, 0.25) is 0 Å². The molecular formula is C9H8BrN3. The van der Waals surface area contributed by atoms with Crippen molar-refractivity contribution in [3.8, 4) is 11.3 Å². The number of hydrogen-bond donors (Lipinski definition) is 1. The average Bonchev–Trinajstić information content (AvgIpc) is 2.62. The predicted octanol–water partition coefficient (Wildman–Crippen LogP) is 2.54. The minimum absolute atomic E-state index is 0.923. The van der Waals surface area contributed by atoms with E-state index in [1.54, 1.807) is 12.5 Å². The molecule has 2 heterocycles. The number of nitrogens with zero attached hydrogens (tertiary/aromatic N) is 2. The Labute approximate surface area is 84.4 Å². The monoisotopic (exact) mass is 237 g/mol. The zero-order chi connectivity index (χ0) is 9.26. The molecule has 0 spiro atoms. The standard InChI is InChI=1S/C9H8BrN3/c1-6-7(2-11-3-8(6)10)9-4-12-5-13-9/h2-5H,1H3,(H,12,13). The molecule has 13 heavy (non-hydrogen) atoms. The molecule has 0 radical (unpaired) electrons. The van der Waals surface area contributed by atoms with Gasteiger partial charge in [0.25, 0.3) is 0 Å². The van der Waals surface area contributed by atoms with Crippen LogP contribution in [0, 0.1) is 6.92 Å². The largest absolute Gasteiger partial charge is 0.351 e. The third-order valence-corrected chi connectivity index (χ3v) is 2.73. The Morgan fingerprint density at radius 2 is 2.23 bits per heavy atom. The first kappa shape index (κ1) is 8.44. The Bertz CT molecular complexity index is 409. The van der Waals surface area contributed by atoms with Crippen molar-refractivity contribution in [3.05, 3.63) is 35.0 Å². The summed E-state index contributed by atoms with van der Waals surface area (Å²) >= 11 is 3.43. The van der Waals surface area contributed by atoms with Crippen molar-refractivity contribution in [2.45, 2.75) is 6.92 Å². The normalized spacial score (nSPS) is 10.3. The number of aromatic nitrogens is 3. The highest BCUT2D eigenvalue weighted by Gasteiger charge is 2.05. The van der Waals surface area contributed by atoms with Gasteiger partial charge in [0.1, 0.15) is 0 Å². The number of rotatable bonds is 1. The molecule has 0 aliphatic heterocycles. The second-order valence-corrected chi connectivity index (χ2v) is 3.60. The lowest BCUT2D eigenvalue weighted by Gasteiger charge is -2.02. The molecule has 0 amide bonds. The maximum Gasteiger partial charge on any atom is 0.0927 e. The smallest absolute Gasteiger partial charge is 0.0927 e. The highest BCUT2D eigenvalue weighted by Crippen LogP contribution is 2.25. The van der Waals surface area contributed by atoms with Crippen molar-refractivity contribution in [1.29, 1.82) is 0 Å². The predicted molar refractivity (Wildman–Crippen MR) is 54.3 cm³/mol. The molecule has 0 unspecified atom stereocenters. The Balaban J connectivity index is 2.59. The van der Waals surface area contributed by atoms with Gasteiger partial charge in [-0.3, -0.25) is 4.98 Å². The minimum atomic E-state index is 0.923. The molecule has 0 saturated carbocycles. The van der Waals surface area contributed by atoms with Crippen LogP contribution in [0.25, 0.3) is 11.3 Å².